The van der Waals surface area contributed by atoms with E-state index in [0.29, 0.717) is 12.5 Å². The van der Waals surface area contributed by atoms with Crippen LogP contribution in [0.2, 0.25) is 0 Å². The quantitative estimate of drug-likeness (QED) is 0.751. The molecular formula is C15H25N3O2. The zero-order chi connectivity index (χ0) is 14.4. The van der Waals surface area contributed by atoms with Crippen molar-refractivity contribution < 1.29 is 9.59 Å². The van der Waals surface area contributed by atoms with Crippen LogP contribution in [-0.2, 0) is 9.59 Å². The van der Waals surface area contributed by atoms with Gasteiger partial charge in [-0.25, -0.2) is 0 Å². The lowest BCUT2D eigenvalue weighted by Gasteiger charge is -2.36. The summed E-state index contributed by atoms with van der Waals surface area (Å²) < 4.78 is 0. The monoisotopic (exact) mass is 279 g/mol. The molecule has 0 radical (unpaired) electrons. The molecule has 5 nitrogen and oxygen atoms in total. The van der Waals surface area contributed by atoms with E-state index < -0.39 is 0 Å². The number of amides is 2. The molecule has 112 valence electrons. The third-order valence-electron chi connectivity index (χ3n) is 4.30. The van der Waals surface area contributed by atoms with Crippen molar-refractivity contribution in [3.63, 3.8) is 0 Å². The van der Waals surface area contributed by atoms with Crippen molar-refractivity contribution in [1.29, 1.82) is 0 Å². The van der Waals surface area contributed by atoms with Crippen LogP contribution in [0.25, 0.3) is 0 Å². The fourth-order valence-corrected chi connectivity index (χ4v) is 3.03. The van der Waals surface area contributed by atoms with Gasteiger partial charge in [-0.1, -0.05) is 19.4 Å². The van der Waals surface area contributed by atoms with Crippen molar-refractivity contribution >= 4 is 11.8 Å². The molecule has 1 aliphatic carbocycles. The third kappa shape index (κ3) is 4.07. The first-order valence-electron chi connectivity index (χ1n) is 7.62. The lowest BCUT2D eigenvalue weighted by atomic mass is 10.1. The van der Waals surface area contributed by atoms with Gasteiger partial charge in [-0.2, -0.15) is 0 Å². The summed E-state index contributed by atoms with van der Waals surface area (Å²) in [5, 5.41) is 2.78. The zero-order valence-corrected chi connectivity index (χ0v) is 12.1. The van der Waals surface area contributed by atoms with Crippen molar-refractivity contribution in [3.8, 4) is 0 Å². The van der Waals surface area contributed by atoms with Crippen LogP contribution in [-0.4, -0.2) is 60.9 Å². The summed E-state index contributed by atoms with van der Waals surface area (Å²) in [4.78, 5) is 27.6. The normalized spacial score (nSPS) is 20.9. The topological polar surface area (TPSA) is 52.7 Å². The van der Waals surface area contributed by atoms with E-state index in [-0.39, 0.29) is 11.8 Å². The van der Waals surface area contributed by atoms with Gasteiger partial charge in [0.25, 0.3) is 0 Å². The fraction of sp³-hybridized carbons (Fsp3) is 0.733. The van der Waals surface area contributed by atoms with Gasteiger partial charge in [0, 0.05) is 45.2 Å². The molecule has 5 heteroatoms. The van der Waals surface area contributed by atoms with Gasteiger partial charge in [0.2, 0.25) is 11.8 Å². The van der Waals surface area contributed by atoms with Gasteiger partial charge in [0.05, 0.1) is 0 Å². The predicted octanol–water partition coefficient (Wildman–Crippen LogP) is 0.623. The van der Waals surface area contributed by atoms with E-state index in [9.17, 15) is 9.59 Å². The number of hydrogen-bond donors (Lipinski definition) is 1. The summed E-state index contributed by atoms with van der Waals surface area (Å²) >= 11 is 0. The van der Waals surface area contributed by atoms with Crippen LogP contribution >= 0.6 is 0 Å². The van der Waals surface area contributed by atoms with Gasteiger partial charge in [0.15, 0.2) is 0 Å². The molecule has 0 aromatic heterocycles. The predicted molar refractivity (Wildman–Crippen MR) is 78.2 cm³/mol. The van der Waals surface area contributed by atoms with Gasteiger partial charge < -0.3 is 10.2 Å². The summed E-state index contributed by atoms with van der Waals surface area (Å²) in [5.41, 5.74) is 0. The van der Waals surface area contributed by atoms with Crippen molar-refractivity contribution in [1.82, 2.24) is 15.1 Å². The highest BCUT2D eigenvalue weighted by molar-refractivity contribution is 5.86. The van der Waals surface area contributed by atoms with E-state index in [4.69, 9.17) is 0 Å². The van der Waals surface area contributed by atoms with E-state index in [1.54, 1.807) is 0 Å². The number of hydrogen-bond acceptors (Lipinski definition) is 3. The molecule has 0 bridgehead atoms. The van der Waals surface area contributed by atoms with Crippen LogP contribution in [0.15, 0.2) is 12.7 Å². The summed E-state index contributed by atoms with van der Waals surface area (Å²) in [6.07, 6.45) is 5.86. The molecule has 0 spiro atoms. The largest absolute Gasteiger partial charge is 0.351 e. The minimum absolute atomic E-state index is 0.125. The summed E-state index contributed by atoms with van der Waals surface area (Å²) in [6.45, 7) is 8.36. The Bertz CT molecular complexity index is 356. The number of nitrogens with one attached hydrogen (secondary N) is 1. The Balaban J connectivity index is 1.65. The minimum Gasteiger partial charge on any atom is -0.351 e. The van der Waals surface area contributed by atoms with Crippen LogP contribution < -0.4 is 5.32 Å². The molecule has 1 aliphatic heterocycles. The minimum atomic E-state index is -0.125. The first-order chi connectivity index (χ1) is 9.70. The molecule has 2 rings (SSSR count). The Kier molecular flexibility index (Phi) is 5.59. The van der Waals surface area contributed by atoms with Crippen LogP contribution in [0.4, 0.5) is 0 Å². The smallest absolute Gasteiger partial charge is 0.243 e. The lowest BCUT2D eigenvalue weighted by Crippen LogP contribution is -2.51. The van der Waals surface area contributed by atoms with Crippen LogP contribution in [0.3, 0.4) is 0 Å². The number of carbonyl (C=O) groups is 2. The van der Waals surface area contributed by atoms with E-state index in [2.05, 4.69) is 16.8 Å². The standard InChI is InChI=1S/C15H25N3O2/c1-2-14(19)16-7-8-17-9-11-18(12-10-17)15(20)13-5-3-4-6-13/h2,13H,1,3-12H2,(H,16,19). The van der Waals surface area contributed by atoms with Crippen molar-refractivity contribution in [2.75, 3.05) is 39.3 Å². The van der Waals surface area contributed by atoms with Gasteiger partial charge in [-0.3, -0.25) is 14.5 Å². The summed E-state index contributed by atoms with van der Waals surface area (Å²) in [6, 6.07) is 0. The molecule has 2 aliphatic rings. The average Bonchev–Trinajstić information content (AvgIpc) is 3.01. The third-order valence-corrected chi connectivity index (χ3v) is 4.30. The maximum absolute atomic E-state index is 12.3. The fourth-order valence-electron chi connectivity index (χ4n) is 3.03. The Labute approximate surface area is 121 Å². The van der Waals surface area contributed by atoms with E-state index in [0.717, 1.165) is 45.6 Å². The van der Waals surface area contributed by atoms with Gasteiger partial charge in [0.1, 0.15) is 0 Å². The molecular weight excluding hydrogens is 254 g/mol. The highest BCUT2D eigenvalue weighted by atomic mass is 16.2. The maximum Gasteiger partial charge on any atom is 0.243 e. The highest BCUT2D eigenvalue weighted by Crippen LogP contribution is 2.26. The molecule has 1 saturated heterocycles. The van der Waals surface area contributed by atoms with Crippen LogP contribution in [0, 0.1) is 5.92 Å². The van der Waals surface area contributed by atoms with Gasteiger partial charge in [-0.05, 0) is 18.9 Å². The summed E-state index contributed by atoms with van der Waals surface area (Å²) in [7, 11) is 0. The van der Waals surface area contributed by atoms with E-state index in [1.165, 1.54) is 18.9 Å². The second-order valence-corrected chi connectivity index (χ2v) is 5.64. The van der Waals surface area contributed by atoms with E-state index in [1.807, 2.05) is 4.90 Å². The van der Waals surface area contributed by atoms with Crippen LogP contribution in [0.1, 0.15) is 25.7 Å². The molecule has 0 atom stereocenters. The average molecular weight is 279 g/mol. The first-order valence-corrected chi connectivity index (χ1v) is 7.62. The van der Waals surface area contributed by atoms with Crippen LogP contribution in [0.5, 0.6) is 0 Å². The molecule has 1 saturated carbocycles. The molecule has 0 aromatic carbocycles. The lowest BCUT2D eigenvalue weighted by molar-refractivity contribution is -0.137. The maximum atomic E-state index is 12.3. The second-order valence-electron chi connectivity index (χ2n) is 5.64. The molecule has 1 N–H and O–H groups in total. The SMILES string of the molecule is C=CC(=O)NCCN1CCN(C(=O)C2CCCC2)CC1. The molecule has 20 heavy (non-hydrogen) atoms. The van der Waals surface area contributed by atoms with Crippen molar-refractivity contribution in [2.24, 2.45) is 5.92 Å². The number of carbonyl (C=O) groups excluding carboxylic acids is 2. The van der Waals surface area contributed by atoms with Gasteiger partial charge in [-0.15, -0.1) is 0 Å². The van der Waals surface area contributed by atoms with Crippen molar-refractivity contribution in [3.05, 3.63) is 12.7 Å². The number of nitrogens with zero attached hydrogens (tertiary/aromatic N) is 2. The zero-order valence-electron chi connectivity index (χ0n) is 12.1. The Morgan fingerprint density at radius 3 is 2.40 bits per heavy atom. The summed E-state index contributed by atoms with van der Waals surface area (Å²) in [5.74, 6) is 0.524. The second kappa shape index (κ2) is 7.43. The molecule has 2 amide bonds. The van der Waals surface area contributed by atoms with Gasteiger partial charge >= 0.3 is 0 Å². The first kappa shape index (κ1) is 15.0. The molecule has 1 heterocycles. The number of rotatable bonds is 5. The Morgan fingerprint density at radius 2 is 1.80 bits per heavy atom. The Hall–Kier alpha value is -1.36. The van der Waals surface area contributed by atoms with Crippen molar-refractivity contribution in [2.45, 2.75) is 25.7 Å². The molecule has 0 unspecified atom stereocenters. The highest BCUT2D eigenvalue weighted by Gasteiger charge is 2.29. The molecule has 2 fully saturated rings. The number of piperazine rings is 1. The van der Waals surface area contributed by atoms with E-state index >= 15 is 0 Å². The Morgan fingerprint density at radius 1 is 1.15 bits per heavy atom. The molecule has 0 aromatic rings.